The summed E-state index contributed by atoms with van der Waals surface area (Å²) in [7, 11) is 0. The van der Waals surface area contributed by atoms with Gasteiger partial charge in [0.05, 0.1) is 11.6 Å². The Hall–Kier alpha value is -2.50. The second kappa shape index (κ2) is 6.34. The molecule has 1 aromatic rings. The first-order valence-corrected chi connectivity index (χ1v) is 8.69. The largest absolute Gasteiger partial charge is 0.507 e. The molecule has 0 spiro atoms. The summed E-state index contributed by atoms with van der Waals surface area (Å²) in [5.74, 6) is -0.349. The highest BCUT2D eigenvalue weighted by Crippen LogP contribution is 2.42. The molecule has 0 fully saturated rings. The van der Waals surface area contributed by atoms with Crippen LogP contribution in [0.5, 0.6) is 5.75 Å². The molecule has 6 nitrogen and oxygen atoms in total. The van der Waals surface area contributed by atoms with E-state index in [1.54, 1.807) is 6.92 Å². The number of hydrogen-bond donors (Lipinski definition) is 4. The average Bonchev–Trinajstić information content (AvgIpc) is 2.43. The van der Waals surface area contributed by atoms with Crippen LogP contribution >= 0.6 is 0 Å². The van der Waals surface area contributed by atoms with Gasteiger partial charge in [-0.15, -0.1) is 0 Å². The van der Waals surface area contributed by atoms with Gasteiger partial charge in [-0.25, -0.2) is 4.79 Å². The Labute approximate surface area is 154 Å². The van der Waals surface area contributed by atoms with E-state index in [2.05, 4.69) is 10.6 Å². The number of urea groups is 1. The molecule has 3 amide bonds. The molecular weight excluding hydrogens is 330 g/mol. The molecule has 142 valence electrons. The van der Waals surface area contributed by atoms with Crippen LogP contribution in [0.4, 0.5) is 4.79 Å². The van der Waals surface area contributed by atoms with Gasteiger partial charge in [0, 0.05) is 5.70 Å². The van der Waals surface area contributed by atoms with E-state index in [4.69, 9.17) is 5.73 Å². The van der Waals surface area contributed by atoms with Gasteiger partial charge in [0.25, 0.3) is 0 Å². The van der Waals surface area contributed by atoms with Gasteiger partial charge in [0.2, 0.25) is 5.91 Å². The summed E-state index contributed by atoms with van der Waals surface area (Å²) in [6, 6.07) is 2.64. The van der Waals surface area contributed by atoms with E-state index in [0.29, 0.717) is 11.3 Å². The van der Waals surface area contributed by atoms with Crippen LogP contribution in [0.25, 0.3) is 0 Å². The third-order valence-electron chi connectivity index (χ3n) is 4.62. The van der Waals surface area contributed by atoms with E-state index in [0.717, 1.165) is 16.7 Å². The Morgan fingerprint density at radius 2 is 1.54 bits per heavy atom. The number of amides is 3. The minimum absolute atomic E-state index is 0.246. The molecule has 1 heterocycles. The molecule has 1 atom stereocenters. The number of phenols is 1. The highest BCUT2D eigenvalue weighted by Gasteiger charge is 2.33. The highest BCUT2D eigenvalue weighted by atomic mass is 16.3. The number of carbonyl (C=O) groups is 2. The van der Waals surface area contributed by atoms with Crippen molar-refractivity contribution >= 4 is 11.9 Å². The predicted octanol–water partition coefficient (Wildman–Crippen LogP) is 3.10. The third kappa shape index (κ3) is 3.69. The lowest BCUT2D eigenvalue weighted by molar-refractivity contribution is -0.115. The molecule has 1 aromatic carbocycles. The van der Waals surface area contributed by atoms with Crippen LogP contribution in [0.15, 0.2) is 23.4 Å². The molecule has 0 aromatic heterocycles. The molecule has 0 aliphatic carbocycles. The van der Waals surface area contributed by atoms with Gasteiger partial charge in [0.1, 0.15) is 5.75 Å². The fraction of sp³-hybridized carbons (Fsp3) is 0.500. The smallest absolute Gasteiger partial charge is 0.319 e. The van der Waals surface area contributed by atoms with E-state index < -0.39 is 11.9 Å². The fourth-order valence-corrected chi connectivity index (χ4v) is 3.24. The van der Waals surface area contributed by atoms with Crippen molar-refractivity contribution in [3.63, 3.8) is 0 Å². The van der Waals surface area contributed by atoms with Crippen molar-refractivity contribution < 1.29 is 14.7 Å². The number of hydrogen-bond acceptors (Lipinski definition) is 3. The van der Waals surface area contributed by atoms with Crippen LogP contribution in [0, 0.1) is 0 Å². The van der Waals surface area contributed by atoms with Gasteiger partial charge in [-0.05, 0) is 46.6 Å². The summed E-state index contributed by atoms with van der Waals surface area (Å²) in [6.45, 7) is 13.7. The molecule has 0 radical (unpaired) electrons. The summed E-state index contributed by atoms with van der Waals surface area (Å²) in [5.41, 5.74) is 7.93. The van der Waals surface area contributed by atoms with E-state index in [-0.39, 0.29) is 22.6 Å². The number of rotatable bonds is 2. The normalized spacial score (nSPS) is 18.4. The number of nitrogens with two attached hydrogens (primary N) is 1. The summed E-state index contributed by atoms with van der Waals surface area (Å²) < 4.78 is 0. The van der Waals surface area contributed by atoms with Crippen LogP contribution in [0.3, 0.4) is 0 Å². The fourth-order valence-electron chi connectivity index (χ4n) is 3.24. The van der Waals surface area contributed by atoms with Gasteiger partial charge in [0.15, 0.2) is 0 Å². The van der Waals surface area contributed by atoms with Crippen LogP contribution < -0.4 is 16.4 Å². The number of nitrogens with one attached hydrogen (secondary N) is 2. The zero-order valence-corrected chi connectivity index (χ0v) is 16.6. The van der Waals surface area contributed by atoms with Crippen molar-refractivity contribution in [2.24, 2.45) is 5.73 Å². The molecular formula is C20H29N3O3. The minimum atomic E-state index is -0.663. The van der Waals surface area contributed by atoms with Crippen LogP contribution in [0.1, 0.15) is 71.2 Å². The molecule has 2 rings (SSSR count). The van der Waals surface area contributed by atoms with Crippen molar-refractivity contribution in [1.29, 1.82) is 0 Å². The SMILES string of the molecule is CC1=C(C(N)=O)[C@H](c2cc(C(C)(C)C)c(O)c(C(C)(C)C)c2)NC(=O)N1. The van der Waals surface area contributed by atoms with Crippen LogP contribution in [-0.2, 0) is 15.6 Å². The number of phenolic OH excluding ortho intramolecular Hbond substituents is 1. The van der Waals surface area contributed by atoms with Gasteiger partial charge in [-0.1, -0.05) is 41.5 Å². The molecule has 6 heteroatoms. The first-order chi connectivity index (χ1) is 11.7. The van der Waals surface area contributed by atoms with Gasteiger partial charge >= 0.3 is 6.03 Å². The Kier molecular flexibility index (Phi) is 4.83. The van der Waals surface area contributed by atoms with E-state index in [1.807, 2.05) is 53.7 Å². The van der Waals surface area contributed by atoms with Crippen molar-refractivity contribution in [3.8, 4) is 5.75 Å². The Morgan fingerprint density at radius 1 is 1.08 bits per heavy atom. The highest BCUT2D eigenvalue weighted by molar-refractivity contribution is 5.97. The summed E-state index contributed by atoms with van der Waals surface area (Å²) in [5, 5.41) is 16.2. The van der Waals surface area contributed by atoms with Crippen molar-refractivity contribution in [3.05, 3.63) is 40.1 Å². The monoisotopic (exact) mass is 359 g/mol. The Morgan fingerprint density at radius 3 is 1.92 bits per heavy atom. The van der Waals surface area contributed by atoms with E-state index >= 15 is 0 Å². The second-order valence-electron chi connectivity index (χ2n) is 8.90. The van der Waals surface area contributed by atoms with Gasteiger partial charge in [-0.3, -0.25) is 4.79 Å². The number of carbonyl (C=O) groups excluding carboxylic acids is 2. The number of primary amides is 1. The summed E-state index contributed by atoms with van der Waals surface area (Å²) >= 11 is 0. The van der Waals surface area contributed by atoms with Gasteiger partial charge < -0.3 is 21.5 Å². The molecule has 1 aliphatic heterocycles. The number of aromatic hydroxyl groups is 1. The van der Waals surface area contributed by atoms with Crippen molar-refractivity contribution in [2.45, 2.75) is 65.3 Å². The molecule has 0 saturated carbocycles. The maximum absolute atomic E-state index is 12.0. The minimum Gasteiger partial charge on any atom is -0.507 e. The van der Waals surface area contributed by atoms with Crippen molar-refractivity contribution in [1.82, 2.24) is 10.6 Å². The average molecular weight is 359 g/mol. The first kappa shape index (κ1) is 19.8. The summed E-state index contributed by atoms with van der Waals surface area (Å²) in [4.78, 5) is 24.0. The van der Waals surface area contributed by atoms with Crippen molar-refractivity contribution in [2.75, 3.05) is 0 Å². The number of benzene rings is 1. The van der Waals surface area contributed by atoms with E-state index in [1.165, 1.54) is 0 Å². The topological polar surface area (TPSA) is 104 Å². The van der Waals surface area contributed by atoms with Crippen LogP contribution in [-0.4, -0.2) is 17.0 Å². The Balaban J connectivity index is 2.78. The van der Waals surface area contributed by atoms with E-state index in [9.17, 15) is 14.7 Å². The lowest BCUT2D eigenvalue weighted by Crippen LogP contribution is -2.46. The standard InChI is InChI=1S/C20H29N3O3/c1-10-14(17(21)25)15(23-18(26)22-10)11-8-12(19(2,3)4)16(24)13(9-11)20(5,6)7/h8-9,15,24H,1-7H3,(H2,21,25)(H2,22,23,26)/t15-/m0/s1. The molecule has 0 saturated heterocycles. The molecule has 1 aliphatic rings. The third-order valence-corrected chi connectivity index (χ3v) is 4.62. The van der Waals surface area contributed by atoms with Crippen LogP contribution in [0.2, 0.25) is 0 Å². The zero-order valence-electron chi connectivity index (χ0n) is 16.6. The van der Waals surface area contributed by atoms with Gasteiger partial charge in [-0.2, -0.15) is 0 Å². The lowest BCUT2D eigenvalue weighted by Gasteiger charge is -2.32. The Bertz CT molecular complexity index is 760. The second-order valence-corrected chi connectivity index (χ2v) is 8.90. The zero-order chi connectivity index (χ0) is 20.0. The molecule has 0 unspecified atom stereocenters. The maximum atomic E-state index is 12.0. The summed E-state index contributed by atoms with van der Waals surface area (Å²) in [6.07, 6.45) is 0. The maximum Gasteiger partial charge on any atom is 0.319 e. The lowest BCUT2D eigenvalue weighted by atomic mass is 9.77. The molecule has 5 N–H and O–H groups in total. The number of allylic oxidation sites excluding steroid dienone is 1. The molecule has 26 heavy (non-hydrogen) atoms. The first-order valence-electron chi connectivity index (χ1n) is 8.69. The molecule has 0 bridgehead atoms. The quantitative estimate of drug-likeness (QED) is 0.652. The predicted molar refractivity (Wildman–Crippen MR) is 102 cm³/mol.